The molecule has 1 atom stereocenters. The van der Waals surface area contributed by atoms with E-state index in [1.165, 1.54) is 30.4 Å². The van der Waals surface area contributed by atoms with Crippen molar-refractivity contribution in [2.75, 3.05) is 0 Å². The molecule has 2 rings (SSSR count). The molecule has 15 heavy (non-hydrogen) atoms. The van der Waals surface area contributed by atoms with Crippen LogP contribution in [-0.4, -0.2) is 0 Å². The Labute approximate surface area is 102 Å². The van der Waals surface area contributed by atoms with Crippen molar-refractivity contribution in [2.45, 2.75) is 38.5 Å². The Morgan fingerprint density at radius 1 is 1.20 bits per heavy atom. The van der Waals surface area contributed by atoms with E-state index in [4.69, 9.17) is 23.2 Å². The molecule has 1 saturated carbocycles. The summed E-state index contributed by atoms with van der Waals surface area (Å²) in [4.78, 5) is 0. The number of hydrogen-bond acceptors (Lipinski definition) is 0. The van der Waals surface area contributed by atoms with Gasteiger partial charge >= 0.3 is 0 Å². The summed E-state index contributed by atoms with van der Waals surface area (Å²) in [6.45, 7) is 4.19. The highest BCUT2D eigenvalue weighted by Crippen LogP contribution is 2.44. The van der Waals surface area contributed by atoms with E-state index in [9.17, 15) is 0 Å². The van der Waals surface area contributed by atoms with Gasteiger partial charge in [-0.05, 0) is 55.4 Å². The predicted molar refractivity (Wildman–Crippen MR) is 66.9 cm³/mol. The maximum atomic E-state index is 6.45. The summed E-state index contributed by atoms with van der Waals surface area (Å²) in [5.74, 6) is 0.631. The molecule has 82 valence electrons. The summed E-state index contributed by atoms with van der Waals surface area (Å²) in [5, 5.41) is 0.926. The van der Waals surface area contributed by atoms with Gasteiger partial charge in [-0.25, -0.2) is 0 Å². The van der Waals surface area contributed by atoms with Crippen LogP contribution in [0.2, 0.25) is 5.02 Å². The molecule has 1 unspecified atom stereocenters. The van der Waals surface area contributed by atoms with Gasteiger partial charge in [0.25, 0.3) is 0 Å². The van der Waals surface area contributed by atoms with Crippen LogP contribution in [0.25, 0.3) is 0 Å². The van der Waals surface area contributed by atoms with E-state index in [0.29, 0.717) is 5.92 Å². The van der Waals surface area contributed by atoms with Gasteiger partial charge in [-0.2, -0.15) is 0 Å². The zero-order valence-corrected chi connectivity index (χ0v) is 10.7. The van der Waals surface area contributed by atoms with E-state index in [2.05, 4.69) is 19.9 Å². The van der Waals surface area contributed by atoms with Crippen LogP contribution >= 0.6 is 23.2 Å². The van der Waals surface area contributed by atoms with Crippen molar-refractivity contribution in [3.8, 4) is 0 Å². The Morgan fingerprint density at radius 2 is 1.80 bits per heavy atom. The molecule has 0 saturated heterocycles. The molecule has 0 heterocycles. The highest BCUT2D eigenvalue weighted by Gasteiger charge is 2.28. The minimum Gasteiger partial charge on any atom is -0.117 e. The van der Waals surface area contributed by atoms with Gasteiger partial charge in [0, 0.05) is 5.02 Å². The average Bonchev–Trinajstić information content (AvgIpc) is 2.08. The normalized spacial score (nSPS) is 18.7. The molecule has 0 bridgehead atoms. The zero-order valence-electron chi connectivity index (χ0n) is 9.19. The molecule has 0 N–H and O–H groups in total. The van der Waals surface area contributed by atoms with Crippen molar-refractivity contribution in [1.82, 2.24) is 0 Å². The lowest BCUT2D eigenvalue weighted by atomic mass is 9.80. The Balaban J connectivity index is 2.30. The van der Waals surface area contributed by atoms with Crippen LogP contribution in [0.15, 0.2) is 12.1 Å². The third-order valence-electron chi connectivity index (χ3n) is 3.47. The fourth-order valence-corrected chi connectivity index (χ4v) is 2.83. The van der Waals surface area contributed by atoms with Gasteiger partial charge in [0.15, 0.2) is 0 Å². The SMILES string of the molecule is Cc1cc(Cl)c(C(Cl)C2CCC2)cc1C. The molecule has 2 heteroatoms. The van der Waals surface area contributed by atoms with E-state index in [1.807, 2.05) is 6.07 Å². The number of halogens is 2. The Hall–Kier alpha value is -0.200. The molecule has 1 aliphatic carbocycles. The smallest absolute Gasteiger partial charge is 0.0628 e. The van der Waals surface area contributed by atoms with Crippen molar-refractivity contribution in [2.24, 2.45) is 5.92 Å². The van der Waals surface area contributed by atoms with E-state index in [-0.39, 0.29) is 5.38 Å². The molecule has 0 radical (unpaired) electrons. The van der Waals surface area contributed by atoms with Gasteiger partial charge in [0.2, 0.25) is 0 Å². The van der Waals surface area contributed by atoms with Crippen LogP contribution in [0.1, 0.15) is 41.3 Å². The maximum Gasteiger partial charge on any atom is 0.0628 e. The largest absolute Gasteiger partial charge is 0.117 e. The first-order chi connectivity index (χ1) is 7.09. The number of aryl methyl sites for hydroxylation is 2. The summed E-state index contributed by atoms with van der Waals surface area (Å²) in [6.07, 6.45) is 3.81. The summed E-state index contributed by atoms with van der Waals surface area (Å²) in [6, 6.07) is 4.17. The fraction of sp³-hybridized carbons (Fsp3) is 0.538. The summed E-state index contributed by atoms with van der Waals surface area (Å²) in [5.41, 5.74) is 3.63. The lowest BCUT2D eigenvalue weighted by Gasteiger charge is -2.30. The van der Waals surface area contributed by atoms with Gasteiger partial charge in [0.05, 0.1) is 5.38 Å². The van der Waals surface area contributed by atoms with Gasteiger partial charge in [0.1, 0.15) is 0 Å². The quantitative estimate of drug-likeness (QED) is 0.638. The lowest BCUT2D eigenvalue weighted by Crippen LogP contribution is -2.17. The zero-order chi connectivity index (χ0) is 11.0. The monoisotopic (exact) mass is 242 g/mol. The summed E-state index contributed by atoms with van der Waals surface area (Å²) < 4.78 is 0. The molecule has 1 aromatic carbocycles. The number of rotatable bonds is 2. The molecule has 0 amide bonds. The van der Waals surface area contributed by atoms with Crippen molar-refractivity contribution in [3.05, 3.63) is 33.8 Å². The molecule has 1 fully saturated rings. The highest BCUT2D eigenvalue weighted by molar-refractivity contribution is 6.33. The molecule has 1 aromatic rings. The van der Waals surface area contributed by atoms with E-state index in [1.54, 1.807) is 0 Å². The Morgan fingerprint density at radius 3 is 2.33 bits per heavy atom. The lowest BCUT2D eigenvalue weighted by molar-refractivity contribution is 0.305. The first kappa shape index (κ1) is 11.3. The average molecular weight is 243 g/mol. The van der Waals surface area contributed by atoms with Gasteiger partial charge < -0.3 is 0 Å². The molecule has 0 aliphatic heterocycles. The molecular weight excluding hydrogens is 227 g/mol. The van der Waals surface area contributed by atoms with E-state index < -0.39 is 0 Å². The Kier molecular flexibility index (Phi) is 3.27. The van der Waals surface area contributed by atoms with Crippen molar-refractivity contribution in [1.29, 1.82) is 0 Å². The third-order valence-corrected chi connectivity index (χ3v) is 4.39. The minimum absolute atomic E-state index is 0.102. The van der Waals surface area contributed by atoms with Crippen molar-refractivity contribution < 1.29 is 0 Å². The maximum absolute atomic E-state index is 6.45. The summed E-state index contributed by atoms with van der Waals surface area (Å²) >= 11 is 12.7. The first-order valence-electron chi connectivity index (χ1n) is 5.50. The second-order valence-corrected chi connectivity index (χ2v) is 5.43. The van der Waals surface area contributed by atoms with Crippen LogP contribution in [0.4, 0.5) is 0 Å². The van der Waals surface area contributed by atoms with Crippen LogP contribution in [0.3, 0.4) is 0 Å². The number of alkyl halides is 1. The van der Waals surface area contributed by atoms with E-state index in [0.717, 1.165) is 10.6 Å². The van der Waals surface area contributed by atoms with E-state index >= 15 is 0 Å². The topological polar surface area (TPSA) is 0 Å². The van der Waals surface area contributed by atoms with Crippen LogP contribution in [-0.2, 0) is 0 Å². The van der Waals surface area contributed by atoms with Gasteiger partial charge in [-0.1, -0.05) is 24.1 Å². The third kappa shape index (κ3) is 2.16. The molecule has 0 aromatic heterocycles. The first-order valence-corrected chi connectivity index (χ1v) is 6.31. The second kappa shape index (κ2) is 4.35. The molecular formula is C13H16Cl2. The van der Waals surface area contributed by atoms with Crippen molar-refractivity contribution >= 4 is 23.2 Å². The van der Waals surface area contributed by atoms with Gasteiger partial charge in [-0.3, -0.25) is 0 Å². The number of hydrogen-bond donors (Lipinski definition) is 0. The van der Waals surface area contributed by atoms with Crippen LogP contribution in [0, 0.1) is 19.8 Å². The number of benzene rings is 1. The second-order valence-electron chi connectivity index (χ2n) is 4.55. The fourth-order valence-electron chi connectivity index (χ4n) is 2.00. The van der Waals surface area contributed by atoms with Gasteiger partial charge in [-0.15, -0.1) is 11.6 Å². The van der Waals surface area contributed by atoms with Crippen LogP contribution in [0.5, 0.6) is 0 Å². The molecule has 0 nitrogen and oxygen atoms in total. The Bertz CT molecular complexity index is 367. The van der Waals surface area contributed by atoms with Crippen LogP contribution < -0.4 is 0 Å². The molecule has 0 spiro atoms. The predicted octanol–water partition coefficient (Wildman–Crippen LogP) is 5.04. The minimum atomic E-state index is 0.102. The molecule has 1 aliphatic rings. The summed E-state index contributed by atoms with van der Waals surface area (Å²) in [7, 11) is 0. The highest BCUT2D eigenvalue weighted by atomic mass is 35.5. The van der Waals surface area contributed by atoms with Crippen molar-refractivity contribution in [3.63, 3.8) is 0 Å². The standard InChI is InChI=1S/C13H16Cl2/c1-8-6-11(12(14)7-9(8)2)13(15)10-4-3-5-10/h6-7,10,13H,3-5H2,1-2H3.